The second-order valence-corrected chi connectivity index (χ2v) is 8.53. The summed E-state index contributed by atoms with van der Waals surface area (Å²) < 4.78 is 22.0. The molecular formula is C25H24ClNO6. The molecule has 1 aliphatic heterocycles. The largest absolute Gasteiger partial charge is 0.493 e. The molecule has 0 bridgehead atoms. The number of rotatable bonds is 7. The van der Waals surface area contributed by atoms with Crippen molar-refractivity contribution in [1.82, 2.24) is 4.98 Å². The number of aromatic nitrogens is 1. The summed E-state index contributed by atoms with van der Waals surface area (Å²) in [5, 5.41) is 1.13. The number of benzene rings is 2. The molecule has 0 aliphatic carbocycles. The van der Waals surface area contributed by atoms with Gasteiger partial charge in [-0.3, -0.25) is 9.59 Å². The minimum Gasteiger partial charge on any atom is -0.493 e. The molecule has 8 heteroatoms. The molecule has 7 nitrogen and oxygen atoms in total. The highest BCUT2D eigenvalue weighted by molar-refractivity contribution is 6.32. The fourth-order valence-corrected chi connectivity index (χ4v) is 4.38. The van der Waals surface area contributed by atoms with Gasteiger partial charge in [0.2, 0.25) is 0 Å². The number of ether oxygens (including phenoxy) is 4. The van der Waals surface area contributed by atoms with E-state index in [1.165, 1.54) is 21.0 Å². The fourth-order valence-electron chi connectivity index (χ4n) is 4.11. The summed E-state index contributed by atoms with van der Waals surface area (Å²) >= 11 is 6.55. The summed E-state index contributed by atoms with van der Waals surface area (Å²) in [6, 6.07) is 11.0. The molecule has 1 saturated heterocycles. The predicted octanol–water partition coefficient (Wildman–Crippen LogP) is 4.98. The van der Waals surface area contributed by atoms with Crippen molar-refractivity contribution in [2.75, 3.05) is 13.7 Å². The number of carbonyl (C=O) groups excluding carboxylic acids is 2. The van der Waals surface area contributed by atoms with Gasteiger partial charge >= 0.3 is 11.9 Å². The van der Waals surface area contributed by atoms with E-state index >= 15 is 0 Å². The Morgan fingerprint density at radius 3 is 2.58 bits per heavy atom. The molecule has 1 fully saturated rings. The molecule has 0 radical (unpaired) electrons. The van der Waals surface area contributed by atoms with Crippen LogP contribution in [0.5, 0.6) is 11.5 Å². The molecule has 1 aliphatic rings. The van der Waals surface area contributed by atoms with Crippen LogP contribution in [0.25, 0.3) is 10.9 Å². The van der Waals surface area contributed by atoms with Crippen LogP contribution in [0.4, 0.5) is 0 Å². The van der Waals surface area contributed by atoms with Gasteiger partial charge in [-0.15, -0.1) is 0 Å². The molecule has 2 heterocycles. The van der Waals surface area contributed by atoms with E-state index in [-0.39, 0.29) is 11.6 Å². The summed E-state index contributed by atoms with van der Waals surface area (Å²) in [7, 11) is 1.49. The van der Waals surface area contributed by atoms with Crippen molar-refractivity contribution >= 4 is 34.4 Å². The zero-order chi connectivity index (χ0) is 23.8. The summed E-state index contributed by atoms with van der Waals surface area (Å²) in [5.41, 5.74) is 2.16. The lowest BCUT2D eigenvalue weighted by Gasteiger charge is -2.36. The third-order valence-electron chi connectivity index (χ3n) is 5.45. The Labute approximate surface area is 196 Å². The van der Waals surface area contributed by atoms with Crippen LogP contribution in [0.2, 0.25) is 5.02 Å². The maximum absolute atomic E-state index is 13.1. The number of hydrogen-bond acceptors (Lipinski definition) is 6. The van der Waals surface area contributed by atoms with E-state index in [9.17, 15) is 9.59 Å². The molecule has 33 heavy (non-hydrogen) atoms. The standard InChI is InChI=1S/C25H24ClNO6/c1-5-10-31-22-17(26)11-14(12-19(22)30-4)20(16-13-27-18-9-7-6-8-15(16)18)21-23(28)32-25(2,3)33-24(21)29/h5-9,11-13,20-21,27H,1,10H2,2-4H3/t20-/m0/s1. The first-order chi connectivity index (χ1) is 15.8. The van der Waals surface area contributed by atoms with Gasteiger partial charge in [0.25, 0.3) is 5.79 Å². The fraction of sp³-hybridized carbons (Fsp3) is 0.280. The second-order valence-electron chi connectivity index (χ2n) is 8.12. The van der Waals surface area contributed by atoms with Crippen molar-refractivity contribution in [3.05, 3.63) is 71.4 Å². The van der Waals surface area contributed by atoms with Crippen molar-refractivity contribution in [3.8, 4) is 11.5 Å². The lowest BCUT2D eigenvalue weighted by atomic mass is 9.79. The summed E-state index contributed by atoms with van der Waals surface area (Å²) in [6.07, 6.45) is 3.37. The first-order valence-electron chi connectivity index (χ1n) is 10.4. The highest BCUT2D eigenvalue weighted by Crippen LogP contribution is 2.45. The molecule has 1 atom stereocenters. The highest BCUT2D eigenvalue weighted by Gasteiger charge is 2.49. The Morgan fingerprint density at radius 2 is 1.91 bits per heavy atom. The molecule has 1 N–H and O–H groups in total. The van der Waals surface area contributed by atoms with Gasteiger partial charge in [-0.1, -0.05) is 42.5 Å². The summed E-state index contributed by atoms with van der Waals surface area (Å²) in [6.45, 7) is 6.92. The van der Waals surface area contributed by atoms with E-state index in [0.717, 1.165) is 16.5 Å². The smallest absolute Gasteiger partial charge is 0.324 e. The Morgan fingerprint density at radius 1 is 1.21 bits per heavy atom. The minimum absolute atomic E-state index is 0.234. The summed E-state index contributed by atoms with van der Waals surface area (Å²) in [5.74, 6) is -3.97. The van der Waals surface area contributed by atoms with Gasteiger partial charge in [0.15, 0.2) is 17.4 Å². The van der Waals surface area contributed by atoms with Crippen molar-refractivity contribution in [2.24, 2.45) is 5.92 Å². The van der Waals surface area contributed by atoms with E-state index < -0.39 is 29.6 Å². The van der Waals surface area contributed by atoms with Crippen molar-refractivity contribution in [2.45, 2.75) is 25.6 Å². The topological polar surface area (TPSA) is 86.9 Å². The number of methoxy groups -OCH3 is 1. The van der Waals surface area contributed by atoms with Gasteiger partial charge < -0.3 is 23.9 Å². The number of carbonyl (C=O) groups is 2. The van der Waals surface area contributed by atoms with E-state index in [2.05, 4.69) is 11.6 Å². The Balaban J connectivity index is 1.91. The third-order valence-corrected chi connectivity index (χ3v) is 5.73. The number of aromatic amines is 1. The van der Waals surface area contributed by atoms with Gasteiger partial charge in [0, 0.05) is 36.9 Å². The van der Waals surface area contributed by atoms with Crippen molar-refractivity contribution in [3.63, 3.8) is 0 Å². The van der Waals surface area contributed by atoms with Crippen LogP contribution < -0.4 is 9.47 Å². The van der Waals surface area contributed by atoms with E-state index in [1.807, 2.05) is 24.3 Å². The average molecular weight is 470 g/mol. The number of halogens is 1. The number of fused-ring (bicyclic) bond motifs is 1. The van der Waals surface area contributed by atoms with Gasteiger partial charge in [0.05, 0.1) is 12.1 Å². The minimum atomic E-state index is -1.34. The van der Waals surface area contributed by atoms with E-state index in [1.54, 1.807) is 24.4 Å². The monoisotopic (exact) mass is 469 g/mol. The molecule has 1 aromatic heterocycles. The Bertz CT molecular complexity index is 1210. The summed E-state index contributed by atoms with van der Waals surface area (Å²) in [4.78, 5) is 29.4. The number of cyclic esters (lactones) is 2. The zero-order valence-corrected chi connectivity index (χ0v) is 19.3. The highest BCUT2D eigenvalue weighted by atomic mass is 35.5. The SMILES string of the molecule is C=CCOc1c(Cl)cc([C@@H](c2c[nH]c3ccccc23)C2C(=O)OC(C)(C)OC2=O)cc1OC. The van der Waals surface area contributed by atoms with Gasteiger partial charge in [-0.05, 0) is 29.3 Å². The zero-order valence-electron chi connectivity index (χ0n) is 18.5. The van der Waals surface area contributed by atoms with Crippen LogP contribution in [-0.4, -0.2) is 36.4 Å². The van der Waals surface area contributed by atoms with Crippen molar-refractivity contribution in [1.29, 1.82) is 0 Å². The molecule has 0 unspecified atom stereocenters. The molecule has 0 amide bonds. The maximum Gasteiger partial charge on any atom is 0.324 e. The van der Waals surface area contributed by atoms with Gasteiger partial charge in [-0.25, -0.2) is 0 Å². The van der Waals surface area contributed by atoms with Crippen LogP contribution in [0.3, 0.4) is 0 Å². The quantitative estimate of drug-likeness (QED) is 0.298. The normalized spacial score (nSPS) is 16.7. The van der Waals surface area contributed by atoms with Crippen LogP contribution in [0.1, 0.15) is 30.9 Å². The lowest BCUT2D eigenvalue weighted by Crippen LogP contribution is -2.48. The first-order valence-corrected chi connectivity index (χ1v) is 10.8. The van der Waals surface area contributed by atoms with Crippen LogP contribution in [0, 0.1) is 5.92 Å². The number of para-hydroxylation sites is 1. The van der Waals surface area contributed by atoms with Crippen LogP contribution in [0.15, 0.2) is 55.3 Å². The molecule has 172 valence electrons. The van der Waals surface area contributed by atoms with E-state index in [0.29, 0.717) is 17.1 Å². The molecule has 0 saturated carbocycles. The number of esters is 2. The predicted molar refractivity (Wildman–Crippen MR) is 124 cm³/mol. The molecule has 3 aromatic rings. The van der Waals surface area contributed by atoms with Gasteiger partial charge in [-0.2, -0.15) is 0 Å². The van der Waals surface area contributed by atoms with E-state index in [4.69, 9.17) is 30.5 Å². The third kappa shape index (κ3) is 4.28. The maximum atomic E-state index is 13.1. The second kappa shape index (κ2) is 8.83. The van der Waals surface area contributed by atoms with Crippen molar-refractivity contribution < 1.29 is 28.5 Å². The number of nitrogens with one attached hydrogen (secondary N) is 1. The lowest BCUT2D eigenvalue weighted by molar-refractivity contribution is -0.240. The molecule has 2 aromatic carbocycles. The first kappa shape index (κ1) is 22.7. The molecule has 0 spiro atoms. The number of H-pyrrole nitrogens is 1. The Hall–Kier alpha value is -3.45. The number of hydrogen-bond donors (Lipinski definition) is 1. The Kier molecular flexibility index (Phi) is 6.08. The van der Waals surface area contributed by atoms with Crippen LogP contribution in [-0.2, 0) is 19.1 Å². The van der Waals surface area contributed by atoms with Gasteiger partial charge in [0.1, 0.15) is 6.61 Å². The average Bonchev–Trinajstić information content (AvgIpc) is 3.18. The van der Waals surface area contributed by atoms with Crippen LogP contribution >= 0.6 is 11.6 Å². The molecular weight excluding hydrogens is 446 g/mol. The molecule has 4 rings (SSSR count).